The van der Waals surface area contributed by atoms with Crippen LogP contribution in [0.1, 0.15) is 28.8 Å². The van der Waals surface area contributed by atoms with Gasteiger partial charge in [0, 0.05) is 29.7 Å². The summed E-state index contributed by atoms with van der Waals surface area (Å²) in [4.78, 5) is 28.6. The highest BCUT2D eigenvalue weighted by atomic mass is 79.9. The molecule has 0 N–H and O–H groups in total. The van der Waals surface area contributed by atoms with Gasteiger partial charge in [0.15, 0.2) is 0 Å². The third-order valence-electron chi connectivity index (χ3n) is 4.29. The number of halogens is 1. The number of likely N-dealkylation sites (N-methyl/N-ethyl adjacent to an activating group) is 1. The fraction of sp³-hybridized carbons (Fsp3) is 0.300. The quantitative estimate of drug-likeness (QED) is 0.741. The van der Waals surface area contributed by atoms with Crippen molar-refractivity contribution < 1.29 is 9.59 Å². The largest absolute Gasteiger partial charge is 0.334 e. The summed E-state index contributed by atoms with van der Waals surface area (Å²) in [6, 6.07) is 17.3. The molecule has 0 heterocycles. The van der Waals surface area contributed by atoms with E-state index in [4.69, 9.17) is 0 Å². The zero-order valence-corrected chi connectivity index (χ0v) is 15.8. The zero-order chi connectivity index (χ0) is 17.8. The number of hydrogen-bond acceptors (Lipinski definition) is 2. The Balaban J connectivity index is 1.66. The van der Waals surface area contributed by atoms with Crippen molar-refractivity contribution in [2.45, 2.75) is 25.4 Å². The minimum absolute atomic E-state index is 0.00532. The molecule has 1 aliphatic rings. The van der Waals surface area contributed by atoms with Gasteiger partial charge in [0.05, 0.1) is 6.54 Å². The molecule has 0 bridgehead atoms. The molecule has 5 heteroatoms. The summed E-state index contributed by atoms with van der Waals surface area (Å²) in [7, 11) is 1.68. The van der Waals surface area contributed by atoms with Crippen LogP contribution in [-0.2, 0) is 11.3 Å². The van der Waals surface area contributed by atoms with Crippen LogP contribution in [0, 0.1) is 0 Å². The van der Waals surface area contributed by atoms with Gasteiger partial charge in [-0.25, -0.2) is 0 Å². The normalized spacial score (nSPS) is 13.4. The van der Waals surface area contributed by atoms with E-state index in [9.17, 15) is 9.59 Å². The van der Waals surface area contributed by atoms with E-state index in [1.807, 2.05) is 47.4 Å². The summed E-state index contributed by atoms with van der Waals surface area (Å²) in [6.07, 6.45) is 2.08. The van der Waals surface area contributed by atoms with Crippen LogP contribution in [0.15, 0.2) is 59.1 Å². The van der Waals surface area contributed by atoms with E-state index in [1.165, 1.54) is 4.90 Å². The lowest BCUT2D eigenvalue weighted by molar-refractivity contribution is -0.132. The van der Waals surface area contributed by atoms with Crippen molar-refractivity contribution in [3.05, 3.63) is 70.2 Å². The summed E-state index contributed by atoms with van der Waals surface area (Å²) < 4.78 is 1.00. The maximum absolute atomic E-state index is 12.8. The summed E-state index contributed by atoms with van der Waals surface area (Å²) in [5.74, 6) is -0.138. The Bertz CT molecular complexity index is 759. The smallest absolute Gasteiger partial charge is 0.254 e. The summed E-state index contributed by atoms with van der Waals surface area (Å²) >= 11 is 3.47. The standard InChI is InChI=1S/C20H21BrN2O2/c1-22(20(25)16-7-3-2-4-8-16)14-19(24)23(18-10-11-18)13-15-6-5-9-17(21)12-15/h2-9,12,18H,10-11,13-14H2,1H3. The molecule has 0 saturated heterocycles. The van der Waals surface area contributed by atoms with Gasteiger partial charge in [0.2, 0.25) is 5.91 Å². The summed E-state index contributed by atoms with van der Waals surface area (Å²) in [5, 5.41) is 0. The van der Waals surface area contributed by atoms with E-state index >= 15 is 0 Å². The Morgan fingerprint density at radius 2 is 1.80 bits per heavy atom. The zero-order valence-electron chi connectivity index (χ0n) is 14.2. The maximum atomic E-state index is 12.8. The van der Waals surface area contributed by atoms with Crippen molar-refractivity contribution in [2.75, 3.05) is 13.6 Å². The van der Waals surface area contributed by atoms with E-state index in [2.05, 4.69) is 15.9 Å². The van der Waals surface area contributed by atoms with Crippen LogP contribution in [-0.4, -0.2) is 41.2 Å². The van der Waals surface area contributed by atoms with Crippen molar-refractivity contribution in [3.8, 4) is 0 Å². The molecule has 2 aromatic carbocycles. The van der Waals surface area contributed by atoms with Crippen molar-refractivity contribution in [1.82, 2.24) is 9.80 Å². The molecular weight excluding hydrogens is 380 g/mol. The highest BCUT2D eigenvalue weighted by Gasteiger charge is 2.33. The molecular formula is C20H21BrN2O2. The van der Waals surface area contributed by atoms with Crippen molar-refractivity contribution in [1.29, 1.82) is 0 Å². The van der Waals surface area contributed by atoms with Crippen LogP contribution >= 0.6 is 15.9 Å². The lowest BCUT2D eigenvalue weighted by atomic mass is 10.2. The number of benzene rings is 2. The molecule has 1 aliphatic carbocycles. The van der Waals surface area contributed by atoms with E-state index in [1.54, 1.807) is 19.2 Å². The number of nitrogens with zero attached hydrogens (tertiary/aromatic N) is 2. The first-order valence-electron chi connectivity index (χ1n) is 8.39. The molecule has 4 nitrogen and oxygen atoms in total. The molecule has 3 rings (SSSR count). The summed E-state index contributed by atoms with van der Waals surface area (Å²) in [5.41, 5.74) is 1.69. The third-order valence-corrected chi connectivity index (χ3v) is 4.78. The molecule has 0 radical (unpaired) electrons. The number of carbonyl (C=O) groups excluding carboxylic acids is 2. The molecule has 0 spiro atoms. The molecule has 130 valence electrons. The molecule has 0 aliphatic heterocycles. The molecule has 1 saturated carbocycles. The second kappa shape index (κ2) is 7.83. The van der Waals surface area contributed by atoms with Crippen LogP contribution in [0.3, 0.4) is 0 Å². The second-order valence-electron chi connectivity index (χ2n) is 6.41. The van der Waals surface area contributed by atoms with Gasteiger partial charge in [0.25, 0.3) is 5.91 Å². The van der Waals surface area contributed by atoms with E-state index in [0.29, 0.717) is 18.2 Å². The van der Waals surface area contributed by atoms with Gasteiger partial charge >= 0.3 is 0 Å². The predicted octanol–water partition coefficient (Wildman–Crippen LogP) is 3.71. The number of hydrogen-bond donors (Lipinski definition) is 0. The van der Waals surface area contributed by atoms with Crippen LogP contribution < -0.4 is 0 Å². The predicted molar refractivity (Wildman–Crippen MR) is 101 cm³/mol. The molecule has 1 fully saturated rings. The molecule has 0 atom stereocenters. The Kier molecular flexibility index (Phi) is 5.53. The average molecular weight is 401 g/mol. The van der Waals surface area contributed by atoms with Gasteiger partial charge in [-0.2, -0.15) is 0 Å². The second-order valence-corrected chi connectivity index (χ2v) is 7.33. The minimum atomic E-state index is -0.132. The van der Waals surface area contributed by atoms with Gasteiger partial charge in [-0.05, 0) is 42.7 Å². The Morgan fingerprint density at radius 3 is 2.44 bits per heavy atom. The number of carbonyl (C=O) groups is 2. The first kappa shape index (κ1) is 17.7. The Labute approximate surface area is 156 Å². The molecule has 2 aromatic rings. The average Bonchev–Trinajstić information content (AvgIpc) is 3.44. The SMILES string of the molecule is CN(CC(=O)N(Cc1cccc(Br)c1)C1CC1)C(=O)c1ccccc1. The number of rotatable bonds is 6. The van der Waals surface area contributed by atoms with Gasteiger partial charge in [0.1, 0.15) is 0 Å². The highest BCUT2D eigenvalue weighted by Crippen LogP contribution is 2.29. The van der Waals surface area contributed by atoms with Crippen LogP contribution in [0.2, 0.25) is 0 Å². The fourth-order valence-corrected chi connectivity index (χ4v) is 3.25. The Hall–Kier alpha value is -2.14. The maximum Gasteiger partial charge on any atom is 0.254 e. The summed E-state index contributed by atoms with van der Waals surface area (Å²) in [6.45, 7) is 0.675. The van der Waals surface area contributed by atoms with Gasteiger partial charge in [-0.3, -0.25) is 9.59 Å². The molecule has 25 heavy (non-hydrogen) atoms. The van der Waals surface area contributed by atoms with Gasteiger partial charge in [-0.15, -0.1) is 0 Å². The fourth-order valence-electron chi connectivity index (χ4n) is 2.81. The third kappa shape index (κ3) is 4.69. The monoisotopic (exact) mass is 400 g/mol. The lowest BCUT2D eigenvalue weighted by Gasteiger charge is -2.26. The topological polar surface area (TPSA) is 40.6 Å². The van der Waals surface area contributed by atoms with E-state index < -0.39 is 0 Å². The van der Waals surface area contributed by atoms with Crippen LogP contribution in [0.25, 0.3) is 0 Å². The van der Waals surface area contributed by atoms with Gasteiger partial charge in [-0.1, -0.05) is 46.3 Å². The van der Waals surface area contributed by atoms with Crippen molar-refractivity contribution >= 4 is 27.7 Å². The first-order valence-corrected chi connectivity index (χ1v) is 9.18. The number of amides is 2. The molecule has 2 amide bonds. The van der Waals surface area contributed by atoms with Crippen LogP contribution in [0.5, 0.6) is 0 Å². The molecule has 0 unspecified atom stereocenters. The van der Waals surface area contributed by atoms with Crippen molar-refractivity contribution in [2.24, 2.45) is 0 Å². The van der Waals surface area contributed by atoms with E-state index in [0.717, 1.165) is 22.9 Å². The van der Waals surface area contributed by atoms with E-state index in [-0.39, 0.29) is 18.4 Å². The van der Waals surface area contributed by atoms with Crippen molar-refractivity contribution in [3.63, 3.8) is 0 Å². The lowest BCUT2D eigenvalue weighted by Crippen LogP contribution is -2.41. The highest BCUT2D eigenvalue weighted by molar-refractivity contribution is 9.10. The van der Waals surface area contributed by atoms with Crippen LogP contribution in [0.4, 0.5) is 0 Å². The molecule has 0 aromatic heterocycles. The minimum Gasteiger partial charge on any atom is -0.334 e. The van der Waals surface area contributed by atoms with Gasteiger partial charge < -0.3 is 9.80 Å². The Morgan fingerprint density at radius 1 is 1.08 bits per heavy atom. The first-order chi connectivity index (χ1) is 12.0.